The highest BCUT2D eigenvalue weighted by atomic mass is 32.2. The molecule has 4 saturated heterocycles. The average molecular weight is 555 g/mol. The van der Waals surface area contributed by atoms with Crippen molar-refractivity contribution in [1.29, 1.82) is 0 Å². The number of carbonyl (C=O) groups excluding carboxylic acids is 2. The van der Waals surface area contributed by atoms with Crippen LogP contribution in [0.3, 0.4) is 0 Å². The summed E-state index contributed by atoms with van der Waals surface area (Å²) in [6, 6.07) is 3.16. The molecule has 5 aliphatic carbocycles. The molecule has 4 nitrogen and oxygen atoms in total. The van der Waals surface area contributed by atoms with Crippen LogP contribution in [0.5, 0.6) is 0 Å². The molecule has 14 unspecified atom stereocenters. The summed E-state index contributed by atoms with van der Waals surface area (Å²) in [6.07, 6.45) is 20.3. The van der Waals surface area contributed by atoms with Crippen molar-refractivity contribution < 1.29 is 9.59 Å². The Morgan fingerprint density at radius 1 is 0.447 bits per heavy atom. The van der Waals surface area contributed by atoms with Crippen molar-refractivity contribution in [3.8, 4) is 0 Å². The molecule has 5 saturated carbocycles. The van der Waals surface area contributed by atoms with Crippen LogP contribution in [-0.2, 0) is 9.59 Å². The van der Waals surface area contributed by atoms with Crippen LogP contribution in [0.2, 0.25) is 0 Å². The third-order valence-corrected chi connectivity index (χ3v) is 16.8. The molecule has 0 N–H and O–H groups in total. The Bertz CT molecular complexity index is 930. The van der Waals surface area contributed by atoms with Crippen molar-refractivity contribution in [3.63, 3.8) is 0 Å². The molecule has 0 bridgehead atoms. The van der Waals surface area contributed by atoms with Gasteiger partial charge in [0.2, 0.25) is 0 Å². The van der Waals surface area contributed by atoms with E-state index in [-0.39, 0.29) is 23.7 Å². The van der Waals surface area contributed by atoms with Crippen molar-refractivity contribution in [2.45, 2.75) is 160 Å². The van der Waals surface area contributed by atoms with Crippen LogP contribution in [0.1, 0.15) is 103 Å². The third kappa shape index (κ3) is 3.38. The number of rotatable bonds is 0. The molecule has 14 atom stereocenters. The fourth-order valence-electron chi connectivity index (χ4n) is 12.0. The van der Waals surface area contributed by atoms with Crippen LogP contribution in [0, 0.1) is 23.7 Å². The van der Waals surface area contributed by atoms with E-state index >= 15 is 0 Å². The normalized spacial score (nSPS) is 56.0. The van der Waals surface area contributed by atoms with E-state index in [4.69, 9.17) is 0 Å². The predicted octanol–water partition coefficient (Wildman–Crippen LogP) is 5.71. The summed E-state index contributed by atoms with van der Waals surface area (Å²) in [5.74, 6) is 1.94. The maximum absolute atomic E-state index is 14.3. The van der Waals surface area contributed by atoms with Crippen molar-refractivity contribution in [2.24, 2.45) is 23.7 Å². The molecule has 4 aliphatic heterocycles. The van der Waals surface area contributed by atoms with E-state index in [0.717, 1.165) is 36.2 Å². The number of nitrogens with zero attached hydrogens (tertiary/aromatic N) is 2. The van der Waals surface area contributed by atoms with E-state index in [1.165, 1.54) is 77.0 Å². The molecular formula is C32H46N2O2S2. The topological polar surface area (TPSA) is 40.6 Å². The minimum atomic E-state index is 0.128. The van der Waals surface area contributed by atoms with Gasteiger partial charge in [-0.05, 0) is 64.2 Å². The monoisotopic (exact) mass is 554 g/mol. The Kier molecular flexibility index (Phi) is 5.96. The van der Waals surface area contributed by atoms with Gasteiger partial charge >= 0.3 is 0 Å². The second kappa shape index (κ2) is 9.23. The zero-order valence-electron chi connectivity index (χ0n) is 22.9. The molecule has 0 aromatic heterocycles. The lowest BCUT2D eigenvalue weighted by Crippen LogP contribution is -2.76. The van der Waals surface area contributed by atoms with Crippen molar-refractivity contribution in [2.75, 3.05) is 0 Å². The lowest BCUT2D eigenvalue weighted by molar-refractivity contribution is -0.168. The number of thioether (sulfide) groups is 2. The van der Waals surface area contributed by atoms with E-state index in [1.54, 1.807) is 0 Å². The van der Waals surface area contributed by atoms with Crippen LogP contribution in [0.25, 0.3) is 0 Å². The second-order valence-corrected chi connectivity index (χ2v) is 17.7. The highest BCUT2D eigenvalue weighted by molar-refractivity contribution is 8.00. The first-order chi connectivity index (χ1) is 18.7. The van der Waals surface area contributed by atoms with Gasteiger partial charge in [0.25, 0.3) is 0 Å². The molecule has 4 heterocycles. The molecule has 0 aromatic carbocycles. The summed E-state index contributed by atoms with van der Waals surface area (Å²) >= 11 is 4.61. The first-order valence-electron chi connectivity index (χ1n) is 16.6. The maximum atomic E-state index is 14.3. The molecule has 9 aliphatic rings. The molecular weight excluding hydrogens is 508 g/mol. The zero-order valence-corrected chi connectivity index (χ0v) is 24.6. The van der Waals surface area contributed by atoms with Gasteiger partial charge in [0.05, 0.1) is 0 Å². The molecule has 0 aromatic rings. The fraction of sp³-hybridized carbons (Fsp3) is 0.938. The van der Waals surface area contributed by atoms with Gasteiger partial charge in [-0.15, -0.1) is 0 Å². The fourth-order valence-corrected chi connectivity index (χ4v) is 16.0. The van der Waals surface area contributed by atoms with E-state index < -0.39 is 0 Å². The Morgan fingerprint density at radius 2 is 0.895 bits per heavy atom. The molecule has 208 valence electrons. The predicted molar refractivity (Wildman–Crippen MR) is 155 cm³/mol. The largest absolute Gasteiger partial charge is 0.299 e. The zero-order chi connectivity index (χ0) is 25.1. The summed E-state index contributed by atoms with van der Waals surface area (Å²) in [5.41, 5.74) is 0. The first kappa shape index (κ1) is 24.5. The van der Waals surface area contributed by atoms with Crippen molar-refractivity contribution in [3.05, 3.63) is 0 Å². The Balaban J connectivity index is 1.12. The molecule has 38 heavy (non-hydrogen) atoms. The van der Waals surface area contributed by atoms with Crippen molar-refractivity contribution >= 4 is 35.1 Å². The van der Waals surface area contributed by atoms with Gasteiger partial charge in [0.15, 0.2) is 0 Å². The molecule has 0 radical (unpaired) electrons. The number of ketones is 2. The molecule has 9 rings (SSSR count). The number of hydrogen-bond donors (Lipinski definition) is 0. The van der Waals surface area contributed by atoms with Gasteiger partial charge in [-0.2, -0.15) is 23.5 Å². The van der Waals surface area contributed by atoms with Gasteiger partial charge in [-0.25, -0.2) is 0 Å². The Labute approximate surface area is 237 Å². The summed E-state index contributed by atoms with van der Waals surface area (Å²) in [4.78, 5) is 34.7. The number of hydrogen-bond acceptors (Lipinski definition) is 6. The second-order valence-electron chi connectivity index (χ2n) is 14.7. The lowest BCUT2D eigenvalue weighted by Gasteiger charge is -2.67. The van der Waals surface area contributed by atoms with Crippen LogP contribution < -0.4 is 0 Å². The van der Waals surface area contributed by atoms with Crippen molar-refractivity contribution in [1.82, 2.24) is 9.80 Å². The van der Waals surface area contributed by atoms with Gasteiger partial charge in [-0.1, -0.05) is 38.5 Å². The standard InChI is InChI=1S/C32H46N2O2S2/c35-31-17-7-5-13-27-29(17)33(21-9-1-3-11-25(21)37-27)23-16-24-20(15-19(23)31)32(36)18-8-6-14-28-30(18)34(24)22-10-2-4-12-26(22)38-28/h17-30H,1-16H2. The number of carbonyl (C=O) groups is 2. The lowest BCUT2D eigenvalue weighted by atomic mass is 9.58. The van der Waals surface area contributed by atoms with E-state index in [0.29, 0.717) is 58.3 Å². The van der Waals surface area contributed by atoms with Crippen LogP contribution in [-0.4, -0.2) is 78.6 Å². The van der Waals surface area contributed by atoms with E-state index in [1.807, 2.05) is 0 Å². The minimum Gasteiger partial charge on any atom is -0.299 e. The van der Waals surface area contributed by atoms with Crippen LogP contribution in [0.15, 0.2) is 0 Å². The summed E-state index contributed by atoms with van der Waals surface area (Å²) in [6.45, 7) is 0. The van der Waals surface area contributed by atoms with Crippen LogP contribution >= 0.6 is 23.5 Å². The highest BCUT2D eigenvalue weighted by Gasteiger charge is 2.65. The maximum Gasteiger partial charge on any atom is 0.142 e. The quantitative estimate of drug-likeness (QED) is 0.382. The summed E-state index contributed by atoms with van der Waals surface area (Å²) in [7, 11) is 0. The number of piperidine rings is 2. The Hall–Kier alpha value is -0.0400. The smallest absolute Gasteiger partial charge is 0.142 e. The van der Waals surface area contributed by atoms with E-state index in [9.17, 15) is 9.59 Å². The third-order valence-electron chi connectivity index (χ3n) is 13.2. The van der Waals surface area contributed by atoms with Gasteiger partial charge in [-0.3, -0.25) is 19.4 Å². The first-order valence-corrected chi connectivity index (χ1v) is 18.5. The molecule has 9 fully saturated rings. The van der Waals surface area contributed by atoms with Gasteiger partial charge in [0.1, 0.15) is 11.6 Å². The molecule has 6 heteroatoms. The Morgan fingerprint density at radius 3 is 1.39 bits per heavy atom. The minimum absolute atomic E-state index is 0.128. The summed E-state index contributed by atoms with van der Waals surface area (Å²) in [5, 5.41) is 2.91. The summed E-state index contributed by atoms with van der Waals surface area (Å²) < 4.78 is 0. The van der Waals surface area contributed by atoms with Gasteiger partial charge in [0, 0.05) is 80.9 Å². The molecule has 0 amide bonds. The number of fused-ring (bicyclic) bond motifs is 8. The van der Waals surface area contributed by atoms with E-state index in [2.05, 4.69) is 33.3 Å². The van der Waals surface area contributed by atoms with Gasteiger partial charge < -0.3 is 0 Å². The SMILES string of the molecule is O=C1C2CC3C(=O)C4CCCC5SC6CCCCC6N(C3CC2N2C3CCCCC3SC3CCCC1C32)C54. The average Bonchev–Trinajstić information content (AvgIpc) is 2.96. The molecule has 0 spiro atoms. The number of Topliss-reactive ketones (excluding diaryl/α,β-unsaturated/α-hetero) is 2. The highest BCUT2D eigenvalue weighted by Crippen LogP contribution is 2.59. The van der Waals surface area contributed by atoms with Crippen LogP contribution in [0.4, 0.5) is 0 Å².